The first-order chi connectivity index (χ1) is 12.5. The van der Waals surface area contributed by atoms with Gasteiger partial charge in [-0.25, -0.2) is 0 Å². The van der Waals surface area contributed by atoms with Crippen LogP contribution in [0.25, 0.3) is 0 Å². The highest BCUT2D eigenvalue weighted by molar-refractivity contribution is 9.10. The molecule has 0 saturated carbocycles. The van der Waals surface area contributed by atoms with E-state index in [1.54, 1.807) is 16.7 Å². The maximum Gasteiger partial charge on any atom is 0.257 e. The molecular weight excluding hydrogens is 422 g/mol. The molecule has 0 radical (unpaired) electrons. The molecule has 1 amide bonds. The third kappa shape index (κ3) is 5.06. The molecule has 0 aliphatic rings. The summed E-state index contributed by atoms with van der Waals surface area (Å²) in [4.78, 5) is 12.0. The van der Waals surface area contributed by atoms with Gasteiger partial charge in [0.2, 0.25) is 0 Å². The van der Waals surface area contributed by atoms with Crippen LogP contribution < -0.4 is 14.8 Å². The molecule has 2 aromatic rings. The van der Waals surface area contributed by atoms with E-state index in [1.807, 2.05) is 20.0 Å². The Morgan fingerprint density at radius 2 is 2.27 bits per heavy atom. The van der Waals surface area contributed by atoms with Gasteiger partial charge in [0.1, 0.15) is 5.82 Å². The molecule has 0 aliphatic heterocycles. The average Bonchev–Trinajstić information content (AvgIpc) is 2.93. The third-order valence-corrected chi connectivity index (χ3v) is 4.38. The number of nitrogens with zero attached hydrogens (tertiary/aromatic N) is 3. The SMILES string of the molecule is CCOc1cc(C#N)cc(Br)c1OCC(=O)NCCc1n[nH]c(=S)n1C. The quantitative estimate of drug-likeness (QED) is 0.611. The summed E-state index contributed by atoms with van der Waals surface area (Å²) in [5.74, 6) is 1.27. The van der Waals surface area contributed by atoms with E-state index in [2.05, 4.69) is 31.4 Å². The summed E-state index contributed by atoms with van der Waals surface area (Å²) in [6.07, 6.45) is 0.542. The minimum atomic E-state index is -0.277. The van der Waals surface area contributed by atoms with Crippen LogP contribution in [-0.2, 0) is 18.3 Å². The number of hydrogen-bond acceptors (Lipinski definition) is 6. The number of amides is 1. The molecule has 1 heterocycles. The lowest BCUT2D eigenvalue weighted by Crippen LogP contribution is -2.31. The molecule has 138 valence electrons. The van der Waals surface area contributed by atoms with E-state index in [1.165, 1.54) is 0 Å². The largest absolute Gasteiger partial charge is 0.490 e. The van der Waals surface area contributed by atoms with Crippen molar-refractivity contribution in [3.05, 3.63) is 32.8 Å². The van der Waals surface area contributed by atoms with E-state index in [-0.39, 0.29) is 12.5 Å². The number of carbonyl (C=O) groups excluding carboxylic acids is 1. The second kappa shape index (κ2) is 9.35. The topological polar surface area (TPSA) is 105 Å². The van der Waals surface area contributed by atoms with Gasteiger partial charge in [0.25, 0.3) is 5.91 Å². The number of aromatic nitrogens is 3. The fourth-order valence-corrected chi connectivity index (χ4v) is 2.85. The van der Waals surface area contributed by atoms with E-state index >= 15 is 0 Å². The minimum Gasteiger partial charge on any atom is -0.490 e. The predicted molar refractivity (Wildman–Crippen MR) is 101 cm³/mol. The highest BCUT2D eigenvalue weighted by Gasteiger charge is 2.14. The highest BCUT2D eigenvalue weighted by Crippen LogP contribution is 2.36. The number of halogens is 1. The van der Waals surface area contributed by atoms with Gasteiger partial charge in [0.05, 0.1) is 22.7 Å². The van der Waals surface area contributed by atoms with Crippen molar-refractivity contribution in [3.8, 4) is 17.6 Å². The third-order valence-electron chi connectivity index (χ3n) is 3.43. The summed E-state index contributed by atoms with van der Waals surface area (Å²) in [5, 5.41) is 18.6. The Labute approximate surface area is 164 Å². The van der Waals surface area contributed by atoms with Crippen LogP contribution in [0.2, 0.25) is 0 Å². The van der Waals surface area contributed by atoms with E-state index in [9.17, 15) is 4.79 Å². The zero-order valence-electron chi connectivity index (χ0n) is 14.3. The van der Waals surface area contributed by atoms with Crippen molar-refractivity contribution in [2.45, 2.75) is 13.3 Å². The maximum absolute atomic E-state index is 12.0. The van der Waals surface area contributed by atoms with Crippen molar-refractivity contribution < 1.29 is 14.3 Å². The average molecular weight is 440 g/mol. The minimum absolute atomic E-state index is 0.177. The second-order valence-corrected chi connectivity index (χ2v) is 6.46. The van der Waals surface area contributed by atoms with Gasteiger partial charge in [-0.3, -0.25) is 9.89 Å². The first-order valence-electron chi connectivity index (χ1n) is 7.82. The Kier molecular flexibility index (Phi) is 7.17. The zero-order valence-corrected chi connectivity index (χ0v) is 16.7. The molecule has 2 N–H and O–H groups in total. The molecular formula is C16H18BrN5O3S. The molecule has 10 heteroatoms. The Balaban J connectivity index is 1.91. The molecule has 0 bridgehead atoms. The summed E-state index contributed by atoms with van der Waals surface area (Å²) < 4.78 is 13.9. The van der Waals surface area contributed by atoms with E-state index in [4.69, 9.17) is 27.0 Å². The molecule has 1 aromatic heterocycles. The molecule has 0 atom stereocenters. The Morgan fingerprint density at radius 3 is 2.88 bits per heavy atom. The van der Waals surface area contributed by atoms with E-state index in [0.29, 0.717) is 45.9 Å². The fraction of sp³-hybridized carbons (Fsp3) is 0.375. The van der Waals surface area contributed by atoms with Crippen molar-refractivity contribution in [1.82, 2.24) is 20.1 Å². The van der Waals surface area contributed by atoms with Gasteiger partial charge >= 0.3 is 0 Å². The lowest BCUT2D eigenvalue weighted by Gasteiger charge is -2.14. The van der Waals surface area contributed by atoms with Crippen molar-refractivity contribution in [2.75, 3.05) is 19.8 Å². The zero-order chi connectivity index (χ0) is 19.1. The summed E-state index contributed by atoms with van der Waals surface area (Å²) in [6.45, 7) is 2.47. The summed E-state index contributed by atoms with van der Waals surface area (Å²) in [6, 6.07) is 5.23. The number of nitrogens with one attached hydrogen (secondary N) is 2. The summed E-state index contributed by atoms with van der Waals surface area (Å²) in [7, 11) is 1.81. The number of benzene rings is 1. The van der Waals surface area contributed by atoms with Gasteiger partial charge in [0, 0.05) is 26.1 Å². The lowest BCUT2D eigenvalue weighted by atomic mass is 10.2. The first kappa shape index (κ1) is 19.9. The van der Waals surface area contributed by atoms with Gasteiger partial charge < -0.3 is 19.4 Å². The van der Waals surface area contributed by atoms with Crippen LogP contribution in [-0.4, -0.2) is 40.4 Å². The van der Waals surface area contributed by atoms with E-state index < -0.39 is 0 Å². The van der Waals surface area contributed by atoms with Crippen molar-refractivity contribution in [3.63, 3.8) is 0 Å². The van der Waals surface area contributed by atoms with Crippen molar-refractivity contribution in [2.24, 2.45) is 7.05 Å². The second-order valence-electron chi connectivity index (χ2n) is 5.22. The van der Waals surface area contributed by atoms with Crippen LogP contribution in [0.15, 0.2) is 16.6 Å². The van der Waals surface area contributed by atoms with Gasteiger partial charge in [0.15, 0.2) is 22.9 Å². The molecule has 26 heavy (non-hydrogen) atoms. The van der Waals surface area contributed by atoms with Crippen LogP contribution in [0.4, 0.5) is 0 Å². The van der Waals surface area contributed by atoms with Crippen LogP contribution in [0.3, 0.4) is 0 Å². The van der Waals surface area contributed by atoms with Gasteiger partial charge in [-0.1, -0.05) is 0 Å². The van der Waals surface area contributed by atoms with E-state index in [0.717, 1.165) is 5.82 Å². The molecule has 0 saturated heterocycles. The standard InChI is InChI=1S/C16H18BrN5O3S/c1-3-24-12-7-10(8-18)6-11(17)15(12)25-9-14(23)19-5-4-13-20-21-16(26)22(13)2/h6-7H,3-5,9H2,1-2H3,(H,19,23)(H,21,26). The molecule has 0 spiro atoms. The Bertz CT molecular complexity index is 887. The summed E-state index contributed by atoms with van der Waals surface area (Å²) >= 11 is 8.38. The number of rotatable bonds is 8. The fourth-order valence-electron chi connectivity index (χ4n) is 2.14. The number of carbonyl (C=O) groups is 1. The number of ether oxygens (including phenoxy) is 2. The maximum atomic E-state index is 12.0. The number of hydrogen-bond donors (Lipinski definition) is 2. The van der Waals surface area contributed by atoms with Crippen LogP contribution in [0.5, 0.6) is 11.5 Å². The Morgan fingerprint density at radius 1 is 1.50 bits per heavy atom. The number of nitriles is 1. The molecule has 8 nitrogen and oxygen atoms in total. The smallest absolute Gasteiger partial charge is 0.257 e. The van der Waals surface area contributed by atoms with Crippen LogP contribution >= 0.6 is 28.1 Å². The molecule has 1 aromatic carbocycles. The molecule has 2 rings (SSSR count). The lowest BCUT2D eigenvalue weighted by molar-refractivity contribution is -0.123. The van der Waals surface area contributed by atoms with Gasteiger partial charge in [-0.05, 0) is 41.1 Å². The molecule has 0 aliphatic carbocycles. The number of aromatic amines is 1. The van der Waals surface area contributed by atoms with Crippen molar-refractivity contribution in [1.29, 1.82) is 5.26 Å². The number of H-pyrrole nitrogens is 1. The van der Waals surface area contributed by atoms with Gasteiger partial charge in [-0.15, -0.1) is 0 Å². The molecule has 0 unspecified atom stereocenters. The summed E-state index contributed by atoms with van der Waals surface area (Å²) in [5.41, 5.74) is 0.435. The predicted octanol–water partition coefficient (Wildman–Crippen LogP) is 2.25. The normalized spacial score (nSPS) is 10.2. The highest BCUT2D eigenvalue weighted by atomic mass is 79.9. The first-order valence-corrected chi connectivity index (χ1v) is 9.02. The van der Waals surface area contributed by atoms with Crippen LogP contribution in [0, 0.1) is 16.1 Å². The van der Waals surface area contributed by atoms with Gasteiger partial charge in [-0.2, -0.15) is 10.4 Å². The monoisotopic (exact) mass is 439 g/mol. The Hall–Kier alpha value is -2.38. The van der Waals surface area contributed by atoms with Crippen molar-refractivity contribution >= 4 is 34.1 Å². The molecule has 0 fully saturated rings. The van der Waals surface area contributed by atoms with Crippen LogP contribution in [0.1, 0.15) is 18.3 Å².